The number of hydrogen-bond donors (Lipinski definition) is 2. The van der Waals surface area contributed by atoms with Gasteiger partial charge in [-0.3, -0.25) is 10.1 Å². The van der Waals surface area contributed by atoms with Crippen LogP contribution in [0, 0.1) is 16.0 Å². The first kappa shape index (κ1) is 14.1. The van der Waals surface area contributed by atoms with E-state index in [4.69, 9.17) is 4.74 Å². The lowest BCUT2D eigenvalue weighted by Gasteiger charge is -2.14. The summed E-state index contributed by atoms with van der Waals surface area (Å²) >= 11 is 0. The Labute approximate surface area is 116 Å². The van der Waals surface area contributed by atoms with Gasteiger partial charge in [-0.05, 0) is 37.8 Å². The van der Waals surface area contributed by atoms with E-state index < -0.39 is 11.0 Å². The number of ether oxygens (including phenoxy) is 1. The van der Waals surface area contributed by atoms with Crippen LogP contribution in [0.15, 0.2) is 18.2 Å². The molecular weight excluding hydrogens is 262 g/mol. The molecule has 20 heavy (non-hydrogen) atoms. The second-order valence-electron chi connectivity index (χ2n) is 4.86. The Kier molecular flexibility index (Phi) is 4.07. The number of carbonyl (C=O) groups is 1. The fourth-order valence-electron chi connectivity index (χ4n) is 1.97. The van der Waals surface area contributed by atoms with Crippen molar-refractivity contribution < 1.29 is 14.5 Å². The third-order valence-corrected chi connectivity index (χ3v) is 3.34. The predicted octanol–water partition coefficient (Wildman–Crippen LogP) is 2.52. The minimum absolute atomic E-state index is 0.0762. The normalized spacial score (nSPS) is 15.3. The van der Waals surface area contributed by atoms with Crippen LogP contribution in [0.2, 0.25) is 0 Å². The maximum Gasteiger partial charge on any atom is 0.319 e. The van der Waals surface area contributed by atoms with Crippen LogP contribution >= 0.6 is 0 Å². The van der Waals surface area contributed by atoms with Gasteiger partial charge < -0.3 is 15.4 Å². The molecule has 1 saturated carbocycles. The Morgan fingerprint density at radius 1 is 1.50 bits per heavy atom. The molecule has 0 aromatic heterocycles. The Morgan fingerprint density at radius 3 is 2.75 bits per heavy atom. The van der Waals surface area contributed by atoms with Gasteiger partial charge in [-0.1, -0.05) is 0 Å². The molecule has 1 atom stereocenters. The monoisotopic (exact) mass is 279 g/mol. The Bertz CT molecular complexity index is 528. The molecule has 108 valence electrons. The molecule has 0 radical (unpaired) electrons. The summed E-state index contributed by atoms with van der Waals surface area (Å²) in [7, 11) is 1.43. The van der Waals surface area contributed by atoms with Crippen LogP contribution in [-0.2, 0) is 0 Å². The fraction of sp³-hybridized carbons (Fsp3) is 0.462. The van der Waals surface area contributed by atoms with Crippen molar-refractivity contribution in [3.8, 4) is 5.75 Å². The van der Waals surface area contributed by atoms with Crippen molar-refractivity contribution >= 4 is 17.4 Å². The zero-order valence-electron chi connectivity index (χ0n) is 11.4. The lowest BCUT2D eigenvalue weighted by molar-refractivity contribution is -0.384. The van der Waals surface area contributed by atoms with Gasteiger partial charge in [0, 0.05) is 6.04 Å². The van der Waals surface area contributed by atoms with Gasteiger partial charge in [0.25, 0.3) is 5.69 Å². The standard InChI is InChI=1S/C13H17N3O4/c1-8(9-3-4-9)14-13(17)15-11-6-5-10(20-2)7-12(11)16(18)19/h5-9H,3-4H2,1-2H3,(H2,14,15,17)/t8-/m0/s1. The molecule has 0 heterocycles. The molecule has 0 spiro atoms. The van der Waals surface area contributed by atoms with Crippen LogP contribution in [-0.4, -0.2) is 24.1 Å². The first-order valence-electron chi connectivity index (χ1n) is 6.41. The third kappa shape index (κ3) is 3.37. The lowest BCUT2D eigenvalue weighted by Crippen LogP contribution is -2.37. The number of methoxy groups -OCH3 is 1. The van der Waals surface area contributed by atoms with Gasteiger partial charge in [-0.25, -0.2) is 4.79 Å². The van der Waals surface area contributed by atoms with Crippen LogP contribution < -0.4 is 15.4 Å². The van der Waals surface area contributed by atoms with Crippen molar-refractivity contribution in [3.05, 3.63) is 28.3 Å². The molecule has 2 rings (SSSR count). The maximum absolute atomic E-state index is 11.8. The van der Waals surface area contributed by atoms with E-state index in [0.29, 0.717) is 11.7 Å². The number of urea groups is 1. The van der Waals surface area contributed by atoms with E-state index in [2.05, 4.69) is 10.6 Å². The molecule has 0 saturated heterocycles. The number of nitro benzene ring substituents is 1. The predicted molar refractivity (Wildman–Crippen MR) is 74.0 cm³/mol. The number of nitrogens with zero attached hydrogens (tertiary/aromatic N) is 1. The number of amides is 2. The molecule has 2 N–H and O–H groups in total. The quantitative estimate of drug-likeness (QED) is 0.639. The molecular formula is C13H17N3O4. The van der Waals surface area contributed by atoms with Crippen LogP contribution in [0.5, 0.6) is 5.75 Å². The van der Waals surface area contributed by atoms with E-state index in [0.717, 1.165) is 12.8 Å². The molecule has 0 bridgehead atoms. The molecule has 1 aromatic carbocycles. The summed E-state index contributed by atoms with van der Waals surface area (Å²) in [5.74, 6) is 0.889. The molecule has 7 heteroatoms. The first-order valence-corrected chi connectivity index (χ1v) is 6.41. The largest absolute Gasteiger partial charge is 0.496 e. The molecule has 1 aliphatic carbocycles. The van der Waals surface area contributed by atoms with Crippen molar-refractivity contribution in [1.82, 2.24) is 5.32 Å². The van der Waals surface area contributed by atoms with Crippen LogP contribution in [0.25, 0.3) is 0 Å². The minimum Gasteiger partial charge on any atom is -0.496 e. The Hall–Kier alpha value is -2.31. The summed E-state index contributed by atoms with van der Waals surface area (Å²) in [5.41, 5.74) is -0.0464. The molecule has 1 aliphatic rings. The van der Waals surface area contributed by atoms with Gasteiger partial charge in [0.05, 0.1) is 18.1 Å². The number of nitro groups is 1. The molecule has 1 fully saturated rings. The second-order valence-corrected chi connectivity index (χ2v) is 4.86. The Balaban J connectivity index is 2.07. The van der Waals surface area contributed by atoms with E-state index in [1.165, 1.54) is 19.2 Å². The zero-order valence-corrected chi connectivity index (χ0v) is 11.4. The summed E-state index contributed by atoms with van der Waals surface area (Å²) in [6, 6.07) is 3.94. The number of carbonyl (C=O) groups excluding carboxylic acids is 1. The van der Waals surface area contributed by atoms with Crippen LogP contribution in [0.4, 0.5) is 16.2 Å². The minimum atomic E-state index is -0.553. The van der Waals surface area contributed by atoms with E-state index in [-0.39, 0.29) is 17.4 Å². The Morgan fingerprint density at radius 2 is 2.20 bits per heavy atom. The van der Waals surface area contributed by atoms with Crippen molar-refractivity contribution in [2.75, 3.05) is 12.4 Å². The van der Waals surface area contributed by atoms with Crippen molar-refractivity contribution in [3.63, 3.8) is 0 Å². The highest BCUT2D eigenvalue weighted by Crippen LogP contribution is 2.32. The summed E-state index contributed by atoms with van der Waals surface area (Å²) in [6.07, 6.45) is 2.23. The van der Waals surface area contributed by atoms with Crippen LogP contribution in [0.3, 0.4) is 0 Å². The smallest absolute Gasteiger partial charge is 0.319 e. The van der Waals surface area contributed by atoms with E-state index in [9.17, 15) is 14.9 Å². The maximum atomic E-state index is 11.8. The van der Waals surface area contributed by atoms with Gasteiger partial charge >= 0.3 is 6.03 Å². The van der Waals surface area contributed by atoms with Gasteiger partial charge in [-0.15, -0.1) is 0 Å². The fourth-order valence-corrected chi connectivity index (χ4v) is 1.97. The molecule has 1 aromatic rings. The number of rotatable bonds is 5. The van der Waals surface area contributed by atoms with E-state index >= 15 is 0 Å². The van der Waals surface area contributed by atoms with E-state index in [1.54, 1.807) is 6.07 Å². The van der Waals surface area contributed by atoms with Crippen molar-refractivity contribution in [1.29, 1.82) is 0 Å². The molecule has 0 unspecified atom stereocenters. The van der Waals surface area contributed by atoms with Crippen molar-refractivity contribution in [2.45, 2.75) is 25.8 Å². The summed E-state index contributed by atoms with van der Waals surface area (Å²) in [5, 5.41) is 16.3. The van der Waals surface area contributed by atoms with Gasteiger partial charge in [-0.2, -0.15) is 0 Å². The molecule has 0 aliphatic heterocycles. The van der Waals surface area contributed by atoms with Crippen LogP contribution in [0.1, 0.15) is 19.8 Å². The number of hydrogen-bond acceptors (Lipinski definition) is 4. The first-order chi connectivity index (χ1) is 9.51. The highest BCUT2D eigenvalue weighted by Gasteiger charge is 2.29. The van der Waals surface area contributed by atoms with Gasteiger partial charge in [0.1, 0.15) is 11.4 Å². The van der Waals surface area contributed by atoms with Gasteiger partial charge in [0.2, 0.25) is 0 Å². The van der Waals surface area contributed by atoms with Crippen molar-refractivity contribution in [2.24, 2.45) is 5.92 Å². The summed E-state index contributed by atoms with van der Waals surface area (Å²) in [4.78, 5) is 22.2. The third-order valence-electron chi connectivity index (χ3n) is 3.34. The molecule has 2 amide bonds. The average molecular weight is 279 g/mol. The highest BCUT2D eigenvalue weighted by atomic mass is 16.6. The summed E-state index contributed by atoms with van der Waals surface area (Å²) < 4.78 is 4.94. The second kappa shape index (κ2) is 5.77. The number of benzene rings is 1. The topological polar surface area (TPSA) is 93.5 Å². The average Bonchev–Trinajstić information content (AvgIpc) is 3.23. The summed E-state index contributed by atoms with van der Waals surface area (Å²) in [6.45, 7) is 1.93. The highest BCUT2D eigenvalue weighted by molar-refractivity contribution is 5.92. The van der Waals surface area contributed by atoms with E-state index in [1.807, 2.05) is 6.92 Å². The number of nitrogens with one attached hydrogen (secondary N) is 2. The number of anilines is 1. The lowest BCUT2D eigenvalue weighted by atomic mass is 10.2. The SMILES string of the molecule is COc1ccc(NC(=O)N[C@@H](C)C2CC2)c([N+](=O)[O-])c1. The van der Waals surface area contributed by atoms with Gasteiger partial charge in [0.15, 0.2) is 0 Å². The molecule has 7 nitrogen and oxygen atoms in total. The zero-order chi connectivity index (χ0) is 14.7.